The number of carbonyl (C=O) groups is 2. The minimum atomic E-state index is -5.13. The van der Waals surface area contributed by atoms with E-state index in [1.165, 1.54) is 5.32 Å². The molecule has 0 heterocycles. The van der Waals surface area contributed by atoms with Crippen molar-refractivity contribution in [2.75, 3.05) is 5.32 Å². The number of rotatable bonds is 4. The molecule has 37 heavy (non-hydrogen) atoms. The lowest BCUT2D eigenvalue weighted by atomic mass is 10.1. The van der Waals surface area contributed by atoms with Crippen molar-refractivity contribution in [2.45, 2.75) is 22.1 Å². The summed E-state index contributed by atoms with van der Waals surface area (Å²) in [6.07, 6.45) is -9.89. The quantitative estimate of drug-likeness (QED) is 0.312. The summed E-state index contributed by atoms with van der Waals surface area (Å²) in [7, 11) is 0. The van der Waals surface area contributed by atoms with E-state index in [0.717, 1.165) is 12.1 Å². The first-order valence-corrected chi connectivity index (χ1v) is 10.8. The molecular formula is C22H10ClF9N2O2S. The second-order valence-electron chi connectivity index (χ2n) is 7.08. The molecule has 0 saturated heterocycles. The molecule has 0 aliphatic carbocycles. The fraction of sp³-hybridized carbons (Fsp3) is 0.0909. The van der Waals surface area contributed by atoms with Crippen LogP contribution in [0.4, 0.5) is 50.0 Å². The van der Waals surface area contributed by atoms with Crippen molar-refractivity contribution in [3.05, 3.63) is 87.7 Å². The normalized spacial score (nSPS) is 11.8. The molecule has 15 heteroatoms. The van der Waals surface area contributed by atoms with Gasteiger partial charge >= 0.3 is 18.4 Å². The van der Waals surface area contributed by atoms with Crippen LogP contribution < -0.4 is 10.6 Å². The average molecular weight is 573 g/mol. The van der Waals surface area contributed by atoms with E-state index in [1.807, 2.05) is 0 Å². The molecule has 0 aliphatic rings. The largest absolute Gasteiger partial charge is 0.417 e. The summed E-state index contributed by atoms with van der Waals surface area (Å²) in [6, 6.07) is 3.14. The first kappa shape index (κ1) is 28.2. The molecule has 0 saturated carbocycles. The number of carbonyl (C=O) groups excluding carboxylic acids is 2. The van der Waals surface area contributed by atoms with Crippen molar-refractivity contribution in [1.29, 1.82) is 0 Å². The Hall–Kier alpha value is -3.39. The van der Waals surface area contributed by atoms with Crippen molar-refractivity contribution >= 4 is 41.0 Å². The molecule has 3 aromatic rings. The van der Waals surface area contributed by atoms with Crippen LogP contribution in [0.1, 0.15) is 21.5 Å². The fourth-order valence-corrected chi connectivity index (χ4v) is 4.14. The maximum Gasteiger partial charge on any atom is 0.417 e. The highest BCUT2D eigenvalue weighted by atomic mass is 35.5. The Bertz CT molecular complexity index is 1360. The van der Waals surface area contributed by atoms with E-state index in [-0.39, 0.29) is 22.7 Å². The molecule has 0 radical (unpaired) electrons. The molecule has 3 amide bonds. The number of benzene rings is 3. The lowest BCUT2D eigenvalue weighted by Gasteiger charge is -2.17. The van der Waals surface area contributed by atoms with Gasteiger partial charge in [-0.15, -0.1) is 0 Å². The first-order valence-electron chi connectivity index (χ1n) is 9.59. The number of alkyl halides is 6. The van der Waals surface area contributed by atoms with Gasteiger partial charge in [0.25, 0.3) is 5.91 Å². The number of urea groups is 1. The summed E-state index contributed by atoms with van der Waals surface area (Å²) in [5, 5.41) is 2.55. The van der Waals surface area contributed by atoms with Crippen LogP contribution in [0, 0.1) is 17.5 Å². The van der Waals surface area contributed by atoms with Gasteiger partial charge in [-0.2, -0.15) is 26.3 Å². The summed E-state index contributed by atoms with van der Waals surface area (Å²) in [6.45, 7) is 0. The molecule has 4 nitrogen and oxygen atoms in total. The van der Waals surface area contributed by atoms with Crippen molar-refractivity contribution in [3.63, 3.8) is 0 Å². The predicted molar refractivity (Wildman–Crippen MR) is 115 cm³/mol. The van der Waals surface area contributed by atoms with Gasteiger partial charge < -0.3 is 5.32 Å². The third-order valence-corrected chi connectivity index (χ3v) is 6.08. The molecule has 0 fully saturated rings. The maximum atomic E-state index is 14.6. The number of halogens is 10. The Kier molecular flexibility index (Phi) is 8.03. The third kappa shape index (κ3) is 6.68. The molecule has 0 spiro atoms. The molecule has 2 N–H and O–H groups in total. The van der Waals surface area contributed by atoms with Gasteiger partial charge in [-0.3, -0.25) is 10.1 Å². The van der Waals surface area contributed by atoms with Crippen LogP contribution >= 0.6 is 23.4 Å². The summed E-state index contributed by atoms with van der Waals surface area (Å²) in [5.41, 5.74) is -4.88. The van der Waals surface area contributed by atoms with E-state index < -0.39 is 74.0 Å². The molecule has 0 aliphatic heterocycles. The fourth-order valence-electron chi connectivity index (χ4n) is 2.87. The summed E-state index contributed by atoms with van der Waals surface area (Å²) < 4.78 is 121. The molecule has 0 unspecified atom stereocenters. The molecule has 0 atom stereocenters. The number of amides is 3. The number of imide groups is 1. The Morgan fingerprint density at radius 3 is 1.95 bits per heavy atom. The van der Waals surface area contributed by atoms with E-state index in [0.29, 0.717) is 30.3 Å². The van der Waals surface area contributed by atoms with E-state index in [9.17, 15) is 49.1 Å². The van der Waals surface area contributed by atoms with E-state index in [4.69, 9.17) is 11.6 Å². The van der Waals surface area contributed by atoms with E-state index in [2.05, 4.69) is 0 Å². The topological polar surface area (TPSA) is 58.2 Å². The van der Waals surface area contributed by atoms with Crippen molar-refractivity contribution in [1.82, 2.24) is 5.32 Å². The highest BCUT2D eigenvalue weighted by Crippen LogP contribution is 2.44. The lowest BCUT2D eigenvalue weighted by Crippen LogP contribution is -2.35. The molecular weight excluding hydrogens is 563 g/mol. The van der Waals surface area contributed by atoms with E-state index >= 15 is 0 Å². The summed E-state index contributed by atoms with van der Waals surface area (Å²) in [5.74, 6) is -5.69. The van der Waals surface area contributed by atoms with Crippen LogP contribution in [-0.4, -0.2) is 11.9 Å². The minimum absolute atomic E-state index is 0.170. The maximum absolute atomic E-state index is 14.6. The smallest absolute Gasteiger partial charge is 0.305 e. The van der Waals surface area contributed by atoms with Crippen molar-refractivity contribution in [2.24, 2.45) is 0 Å². The van der Waals surface area contributed by atoms with Crippen LogP contribution in [0.2, 0.25) is 5.02 Å². The van der Waals surface area contributed by atoms with Crippen molar-refractivity contribution < 1.29 is 49.1 Å². The third-order valence-electron chi connectivity index (χ3n) is 4.52. The van der Waals surface area contributed by atoms with E-state index in [1.54, 1.807) is 5.32 Å². The standard InChI is InChI=1S/C22H10ClF9N2O2S/c23-11-6-9(21(27,28)29)4-5-16(11)37-17-8-14(26)15(7-10(17)22(30,31)32)33-20(36)34-19(35)18-12(24)2-1-3-13(18)25/h1-8H,(H2,33,34,35,36). The Morgan fingerprint density at radius 1 is 0.784 bits per heavy atom. The van der Waals surface area contributed by atoms with Gasteiger partial charge in [-0.05, 0) is 42.5 Å². The number of anilines is 1. The Labute approximate surface area is 210 Å². The zero-order chi connectivity index (χ0) is 27.7. The molecule has 0 bridgehead atoms. The zero-order valence-corrected chi connectivity index (χ0v) is 19.2. The van der Waals surface area contributed by atoms with Gasteiger partial charge in [-0.1, -0.05) is 29.4 Å². The molecule has 3 rings (SSSR count). The average Bonchev–Trinajstić information content (AvgIpc) is 2.75. The monoisotopic (exact) mass is 572 g/mol. The zero-order valence-electron chi connectivity index (χ0n) is 17.6. The van der Waals surface area contributed by atoms with Gasteiger partial charge in [0.05, 0.1) is 21.8 Å². The first-order chi connectivity index (χ1) is 17.1. The van der Waals surface area contributed by atoms with Gasteiger partial charge in [0, 0.05) is 9.79 Å². The number of hydrogen-bond acceptors (Lipinski definition) is 3. The van der Waals surface area contributed by atoms with Crippen LogP contribution in [0.15, 0.2) is 58.3 Å². The minimum Gasteiger partial charge on any atom is -0.305 e. The van der Waals surface area contributed by atoms with Gasteiger partial charge in [0.15, 0.2) is 0 Å². The highest BCUT2D eigenvalue weighted by molar-refractivity contribution is 7.99. The van der Waals surface area contributed by atoms with Crippen LogP contribution in [0.3, 0.4) is 0 Å². The molecule has 3 aromatic carbocycles. The molecule has 0 aromatic heterocycles. The van der Waals surface area contributed by atoms with Crippen LogP contribution in [-0.2, 0) is 12.4 Å². The van der Waals surface area contributed by atoms with Gasteiger partial charge in [0.1, 0.15) is 23.0 Å². The predicted octanol–water partition coefficient (Wildman–Crippen LogP) is 7.91. The Morgan fingerprint density at radius 2 is 1.41 bits per heavy atom. The van der Waals surface area contributed by atoms with Crippen molar-refractivity contribution in [3.8, 4) is 0 Å². The second kappa shape index (κ2) is 10.5. The van der Waals surface area contributed by atoms with Gasteiger partial charge in [-0.25, -0.2) is 18.0 Å². The Balaban J connectivity index is 1.88. The highest BCUT2D eigenvalue weighted by Gasteiger charge is 2.36. The summed E-state index contributed by atoms with van der Waals surface area (Å²) >= 11 is 5.98. The summed E-state index contributed by atoms with van der Waals surface area (Å²) in [4.78, 5) is 22.9. The van der Waals surface area contributed by atoms with Gasteiger partial charge in [0.2, 0.25) is 0 Å². The van der Waals surface area contributed by atoms with Crippen LogP contribution in [0.25, 0.3) is 0 Å². The van der Waals surface area contributed by atoms with Crippen LogP contribution in [0.5, 0.6) is 0 Å². The number of nitrogens with one attached hydrogen (secondary N) is 2. The second-order valence-corrected chi connectivity index (χ2v) is 8.57. The number of hydrogen-bond donors (Lipinski definition) is 2. The molecule has 196 valence electrons. The SMILES string of the molecule is O=C(NC(=O)c1c(F)cccc1F)Nc1cc(C(F)(F)F)c(Sc2ccc(C(F)(F)F)cc2Cl)cc1F. The lowest BCUT2D eigenvalue weighted by molar-refractivity contribution is -0.140.